The Balaban J connectivity index is 0.00000300. The molecular weight excluding hydrogens is 495 g/mol. The van der Waals surface area contributed by atoms with E-state index in [9.17, 15) is 0 Å². The smallest absolute Gasteiger partial charge is 0.191 e. The molecule has 0 amide bonds. The maximum Gasteiger partial charge on any atom is 0.191 e. The quantitative estimate of drug-likeness (QED) is 0.189. The second kappa shape index (κ2) is 13.8. The SMILES string of the molecule is CN=C(NCCCCNc1ccccn1)NCC(c1cccs1)N1CCCC1.I. The number of guanidine groups is 1. The van der Waals surface area contributed by atoms with Crippen LogP contribution in [-0.2, 0) is 0 Å². The molecule has 3 N–H and O–H groups in total. The van der Waals surface area contributed by atoms with E-state index in [-0.39, 0.29) is 24.0 Å². The fourth-order valence-electron chi connectivity index (χ4n) is 3.50. The molecule has 1 aliphatic heterocycles. The number of nitrogens with zero attached hydrogens (tertiary/aromatic N) is 3. The largest absolute Gasteiger partial charge is 0.370 e. The Morgan fingerprint density at radius 3 is 2.66 bits per heavy atom. The lowest BCUT2D eigenvalue weighted by atomic mass is 10.2. The summed E-state index contributed by atoms with van der Waals surface area (Å²) in [4.78, 5) is 12.7. The van der Waals surface area contributed by atoms with Gasteiger partial charge in [-0.25, -0.2) is 4.98 Å². The fraction of sp³-hybridized carbons (Fsp3) is 0.524. The molecule has 0 aromatic carbocycles. The van der Waals surface area contributed by atoms with E-state index in [0.29, 0.717) is 6.04 Å². The molecule has 160 valence electrons. The Labute approximate surface area is 195 Å². The Kier molecular flexibility index (Phi) is 11.3. The van der Waals surface area contributed by atoms with Gasteiger partial charge in [0.05, 0.1) is 6.04 Å². The highest BCUT2D eigenvalue weighted by molar-refractivity contribution is 14.0. The summed E-state index contributed by atoms with van der Waals surface area (Å²) in [6.07, 6.45) is 6.60. The molecule has 0 saturated carbocycles. The number of halogens is 1. The van der Waals surface area contributed by atoms with Crippen molar-refractivity contribution in [2.45, 2.75) is 31.7 Å². The number of anilines is 1. The minimum atomic E-state index is 0. The number of aliphatic imine (C=N–C) groups is 1. The number of thiophene rings is 1. The molecule has 6 nitrogen and oxygen atoms in total. The van der Waals surface area contributed by atoms with Crippen LogP contribution in [0.2, 0.25) is 0 Å². The van der Waals surface area contributed by atoms with Gasteiger partial charge in [0.1, 0.15) is 5.82 Å². The number of aromatic nitrogens is 1. The lowest BCUT2D eigenvalue weighted by molar-refractivity contribution is 0.249. The lowest BCUT2D eigenvalue weighted by Crippen LogP contribution is -2.42. The molecule has 1 aliphatic rings. The standard InChI is InChI=1S/C21H32N6S.HI/c1-22-21(25-13-5-4-12-24-20-10-2-3-11-23-20)26-17-18(19-9-8-16-28-19)27-14-6-7-15-27;/h2-3,8-11,16,18H,4-7,12-15,17H2,1H3,(H,23,24)(H2,22,25,26);1H. The van der Waals surface area contributed by atoms with Gasteiger partial charge >= 0.3 is 0 Å². The third-order valence-electron chi connectivity index (χ3n) is 5.01. The van der Waals surface area contributed by atoms with E-state index in [2.05, 4.69) is 48.3 Å². The molecule has 0 spiro atoms. The highest BCUT2D eigenvalue weighted by atomic mass is 127. The Hall–Kier alpha value is -1.39. The van der Waals surface area contributed by atoms with E-state index in [4.69, 9.17) is 0 Å². The molecule has 0 aliphatic carbocycles. The Morgan fingerprint density at radius 2 is 1.97 bits per heavy atom. The van der Waals surface area contributed by atoms with E-state index in [1.165, 1.54) is 30.8 Å². The minimum absolute atomic E-state index is 0. The minimum Gasteiger partial charge on any atom is -0.370 e. The summed E-state index contributed by atoms with van der Waals surface area (Å²) < 4.78 is 0. The van der Waals surface area contributed by atoms with Crippen molar-refractivity contribution in [3.63, 3.8) is 0 Å². The van der Waals surface area contributed by atoms with Crippen LogP contribution in [0.1, 0.15) is 36.6 Å². The van der Waals surface area contributed by atoms with Crippen LogP contribution in [0.15, 0.2) is 46.9 Å². The first-order valence-corrected chi connectivity index (χ1v) is 11.1. The van der Waals surface area contributed by atoms with Gasteiger partial charge < -0.3 is 16.0 Å². The van der Waals surface area contributed by atoms with Crippen LogP contribution in [0, 0.1) is 0 Å². The molecule has 2 aromatic rings. The molecule has 1 unspecified atom stereocenters. The summed E-state index contributed by atoms with van der Waals surface area (Å²) >= 11 is 1.85. The summed E-state index contributed by atoms with van der Waals surface area (Å²) in [5.41, 5.74) is 0. The van der Waals surface area contributed by atoms with Crippen molar-refractivity contribution in [1.82, 2.24) is 20.5 Å². The van der Waals surface area contributed by atoms with Gasteiger partial charge in [-0.15, -0.1) is 35.3 Å². The van der Waals surface area contributed by atoms with Crippen molar-refractivity contribution in [1.29, 1.82) is 0 Å². The normalized spacial score (nSPS) is 15.6. The summed E-state index contributed by atoms with van der Waals surface area (Å²) in [5.74, 6) is 1.83. The van der Waals surface area contributed by atoms with Crippen LogP contribution in [-0.4, -0.2) is 55.6 Å². The lowest BCUT2D eigenvalue weighted by Gasteiger charge is -2.27. The third-order valence-corrected chi connectivity index (χ3v) is 5.98. The molecule has 8 heteroatoms. The summed E-state index contributed by atoms with van der Waals surface area (Å²) in [6, 6.07) is 10.8. The fourth-order valence-corrected chi connectivity index (χ4v) is 4.36. The number of hydrogen-bond acceptors (Lipinski definition) is 5. The van der Waals surface area contributed by atoms with Crippen molar-refractivity contribution < 1.29 is 0 Å². The molecule has 3 heterocycles. The highest BCUT2D eigenvalue weighted by Gasteiger charge is 2.24. The van der Waals surface area contributed by atoms with Crippen molar-refractivity contribution in [2.24, 2.45) is 4.99 Å². The first kappa shape index (κ1) is 23.9. The first-order valence-electron chi connectivity index (χ1n) is 10.2. The van der Waals surface area contributed by atoms with E-state index in [0.717, 1.165) is 44.3 Å². The second-order valence-electron chi connectivity index (χ2n) is 7.00. The third kappa shape index (κ3) is 8.10. The topological polar surface area (TPSA) is 64.6 Å². The van der Waals surface area contributed by atoms with Gasteiger partial charge in [0, 0.05) is 37.8 Å². The van der Waals surface area contributed by atoms with Crippen molar-refractivity contribution in [3.05, 3.63) is 46.8 Å². The number of nitrogens with one attached hydrogen (secondary N) is 3. The maximum atomic E-state index is 4.39. The molecule has 1 saturated heterocycles. The van der Waals surface area contributed by atoms with Gasteiger partial charge in [0.2, 0.25) is 0 Å². The zero-order valence-electron chi connectivity index (χ0n) is 17.1. The summed E-state index contributed by atoms with van der Waals surface area (Å²) in [5, 5.41) is 12.5. The molecule has 2 aromatic heterocycles. The van der Waals surface area contributed by atoms with Gasteiger partial charge in [-0.05, 0) is 62.4 Å². The monoisotopic (exact) mass is 528 g/mol. The number of pyridine rings is 1. The zero-order chi connectivity index (χ0) is 19.4. The van der Waals surface area contributed by atoms with Gasteiger partial charge in [0.15, 0.2) is 5.96 Å². The predicted octanol–water partition coefficient (Wildman–Crippen LogP) is 3.96. The molecule has 29 heavy (non-hydrogen) atoms. The number of rotatable bonds is 10. The van der Waals surface area contributed by atoms with Gasteiger partial charge in [-0.2, -0.15) is 0 Å². The Bertz CT molecular complexity index is 688. The van der Waals surface area contributed by atoms with E-state index in [1.54, 1.807) is 0 Å². The number of unbranched alkanes of at least 4 members (excludes halogenated alkanes) is 1. The van der Waals surface area contributed by atoms with Crippen molar-refractivity contribution in [3.8, 4) is 0 Å². The van der Waals surface area contributed by atoms with Gasteiger partial charge in [0.25, 0.3) is 0 Å². The molecule has 1 fully saturated rings. The molecule has 3 rings (SSSR count). The van der Waals surface area contributed by atoms with E-state index >= 15 is 0 Å². The second-order valence-corrected chi connectivity index (χ2v) is 7.98. The maximum absolute atomic E-state index is 4.39. The number of likely N-dealkylation sites (tertiary alicyclic amines) is 1. The predicted molar refractivity (Wildman–Crippen MR) is 135 cm³/mol. The molecule has 1 atom stereocenters. The van der Waals surface area contributed by atoms with Crippen LogP contribution >= 0.6 is 35.3 Å². The van der Waals surface area contributed by atoms with Gasteiger partial charge in [-0.1, -0.05) is 12.1 Å². The van der Waals surface area contributed by atoms with Gasteiger partial charge in [-0.3, -0.25) is 9.89 Å². The average molecular weight is 529 g/mol. The zero-order valence-corrected chi connectivity index (χ0v) is 20.3. The molecular formula is C21H33IN6S. The van der Waals surface area contributed by atoms with Crippen LogP contribution in [0.3, 0.4) is 0 Å². The average Bonchev–Trinajstić information content (AvgIpc) is 3.45. The van der Waals surface area contributed by atoms with Crippen LogP contribution < -0.4 is 16.0 Å². The summed E-state index contributed by atoms with van der Waals surface area (Å²) in [6.45, 7) is 5.12. The van der Waals surface area contributed by atoms with Crippen LogP contribution in [0.5, 0.6) is 0 Å². The van der Waals surface area contributed by atoms with Crippen LogP contribution in [0.4, 0.5) is 5.82 Å². The molecule has 0 radical (unpaired) electrons. The van der Waals surface area contributed by atoms with Crippen LogP contribution in [0.25, 0.3) is 0 Å². The highest BCUT2D eigenvalue weighted by Crippen LogP contribution is 2.27. The van der Waals surface area contributed by atoms with Crippen molar-refractivity contribution >= 4 is 47.1 Å². The van der Waals surface area contributed by atoms with E-state index < -0.39 is 0 Å². The van der Waals surface area contributed by atoms with E-state index in [1.807, 2.05) is 42.8 Å². The Morgan fingerprint density at radius 1 is 1.14 bits per heavy atom. The number of hydrogen-bond donors (Lipinski definition) is 3. The first-order chi connectivity index (χ1) is 13.9. The van der Waals surface area contributed by atoms with Crippen molar-refractivity contribution in [2.75, 3.05) is 45.1 Å². The molecule has 0 bridgehead atoms. The summed E-state index contributed by atoms with van der Waals surface area (Å²) in [7, 11) is 1.84.